The molecule has 0 aromatic carbocycles. The molecule has 3 nitrogen and oxygen atoms in total. The normalized spacial score (nSPS) is 16.4. The number of alkyl halides is 17. The van der Waals surface area contributed by atoms with E-state index in [4.69, 9.17) is 33.2 Å². The molecule has 0 atom stereocenters. The summed E-state index contributed by atoms with van der Waals surface area (Å²) in [5.41, 5.74) is 0. The second-order valence-corrected chi connectivity index (χ2v) is 18.4. The van der Waals surface area contributed by atoms with Crippen molar-refractivity contribution in [3.05, 3.63) is 0 Å². The number of halogens is 20. The van der Waals surface area contributed by atoms with Gasteiger partial charge in [0.25, 0.3) is 10.0 Å². The highest BCUT2D eigenvalue weighted by Crippen LogP contribution is 2.64. The first-order valence-electron chi connectivity index (χ1n) is 8.94. The maximum atomic E-state index is 14.2. The van der Waals surface area contributed by atoms with E-state index in [1.165, 1.54) is 0 Å². The minimum Gasteiger partial charge on any atom is -0.206 e. The Balaban J connectivity index is 6.82. The Morgan fingerprint density at radius 1 is 0.605 bits per heavy atom. The topological polar surface area (TPSA) is 37.4 Å². The van der Waals surface area contributed by atoms with Crippen molar-refractivity contribution in [1.29, 1.82) is 0 Å². The second kappa shape index (κ2) is 10.6. The van der Waals surface area contributed by atoms with Crippen molar-refractivity contribution < 1.29 is 83.1 Å². The molecule has 0 spiro atoms. The minimum absolute atomic E-state index is 0.569. The number of hydrogen-bond acceptors (Lipinski definition) is 2. The Bertz CT molecular complexity index is 952. The molecule has 0 aromatic heterocycles. The summed E-state index contributed by atoms with van der Waals surface area (Å²) in [6.45, 7) is -2.15. The third kappa shape index (κ3) is 5.76. The van der Waals surface area contributed by atoms with Crippen LogP contribution in [-0.2, 0) is 10.0 Å². The Morgan fingerprint density at radius 2 is 0.921 bits per heavy atom. The van der Waals surface area contributed by atoms with Crippen LogP contribution in [-0.4, -0.2) is 78.8 Å². The molecule has 0 aliphatic heterocycles. The molecule has 0 radical (unpaired) electrons. The maximum Gasteiger partial charge on any atom is 0.460 e. The van der Waals surface area contributed by atoms with Crippen LogP contribution in [0, 0.1) is 0 Å². The van der Waals surface area contributed by atoms with Gasteiger partial charge in [-0.05, 0) is 12.5 Å². The molecule has 230 valence electrons. The highest BCUT2D eigenvalue weighted by molar-refractivity contribution is 7.90. The van der Waals surface area contributed by atoms with Gasteiger partial charge in [0.1, 0.15) is 0 Å². The number of nitrogens with zero attached hydrogens (tertiary/aromatic N) is 1. The third-order valence-electron chi connectivity index (χ3n) is 4.58. The summed E-state index contributed by atoms with van der Waals surface area (Å²) in [4.78, 5) is 0. The van der Waals surface area contributed by atoms with E-state index in [1.54, 1.807) is 0 Å². The maximum absolute atomic E-state index is 14.2. The zero-order chi connectivity index (χ0) is 31.4. The fraction of sp³-hybridized carbons (Fsp3) is 1.00. The van der Waals surface area contributed by atoms with Crippen LogP contribution in [0.4, 0.5) is 74.6 Å². The van der Waals surface area contributed by atoms with Gasteiger partial charge in [-0.25, -0.2) is 8.42 Å². The number of hydrogen-bond donors (Lipinski definition) is 0. The van der Waals surface area contributed by atoms with Crippen molar-refractivity contribution in [1.82, 2.24) is 4.31 Å². The van der Waals surface area contributed by atoms with Crippen LogP contribution in [0.1, 0.15) is 13.3 Å². The van der Waals surface area contributed by atoms with Crippen LogP contribution >= 0.6 is 33.2 Å². The Labute approximate surface area is 216 Å². The first kappa shape index (κ1) is 37.8. The summed E-state index contributed by atoms with van der Waals surface area (Å²) < 4.78 is 250. The smallest absolute Gasteiger partial charge is 0.206 e. The van der Waals surface area contributed by atoms with Gasteiger partial charge in [-0.2, -0.15) is 78.9 Å². The average molecular weight is 703 g/mol. The quantitative estimate of drug-likeness (QED) is 0.112. The monoisotopic (exact) mass is 701 g/mol. The molecule has 0 saturated heterocycles. The highest BCUT2D eigenvalue weighted by Gasteiger charge is 2.96. The first-order valence-corrected chi connectivity index (χ1v) is 15.6. The van der Waals surface area contributed by atoms with E-state index in [9.17, 15) is 83.1 Å². The zero-order valence-corrected chi connectivity index (χ0v) is 21.6. The van der Waals surface area contributed by atoms with Gasteiger partial charge in [-0.3, -0.25) is 0 Å². The fourth-order valence-corrected chi connectivity index (χ4v) is 5.63. The standard InChI is InChI=1S/C13H11Cl3F17NO2SSi/c1-2-34(4-3-5-38(14,15)16)37(35,36)13(32,33)11(27,28)9(23,24)7(19,20)6(17,18)8(21,22)10(25,26)12(29,30)31/h2-5H2,1H3. The van der Waals surface area contributed by atoms with Crippen molar-refractivity contribution in [3.8, 4) is 0 Å². The molecule has 25 heteroatoms. The summed E-state index contributed by atoms with van der Waals surface area (Å²) in [6.07, 6.45) is -8.67. The van der Waals surface area contributed by atoms with Crippen molar-refractivity contribution >= 4 is 49.3 Å². The Morgan fingerprint density at radius 3 is 1.21 bits per heavy atom. The number of rotatable bonds is 13. The summed E-state index contributed by atoms with van der Waals surface area (Å²) in [6, 6.07) is -4.26. The van der Waals surface area contributed by atoms with E-state index >= 15 is 0 Å². The minimum atomic E-state index is -8.88. The van der Waals surface area contributed by atoms with Gasteiger partial charge < -0.3 is 0 Å². The van der Waals surface area contributed by atoms with E-state index in [0.29, 0.717) is 6.92 Å². The van der Waals surface area contributed by atoms with Crippen LogP contribution in [0.15, 0.2) is 0 Å². The van der Waals surface area contributed by atoms with Gasteiger partial charge in [0.15, 0.2) is 0 Å². The lowest BCUT2D eigenvalue weighted by molar-refractivity contribution is -0.458. The van der Waals surface area contributed by atoms with E-state index in [-0.39, 0.29) is 0 Å². The lowest BCUT2D eigenvalue weighted by Gasteiger charge is -2.43. The van der Waals surface area contributed by atoms with E-state index in [1.807, 2.05) is 0 Å². The van der Waals surface area contributed by atoms with Crippen molar-refractivity contribution in [3.63, 3.8) is 0 Å². The lowest BCUT2D eigenvalue weighted by atomic mass is 9.91. The highest BCUT2D eigenvalue weighted by atomic mass is 35.8. The molecule has 0 unspecified atom stereocenters. The molecular weight excluding hydrogens is 692 g/mol. The predicted octanol–water partition coefficient (Wildman–Crippen LogP) is 7.65. The molecular formula is C13H11Cl3F17NO2SSi. The van der Waals surface area contributed by atoms with E-state index in [0.717, 1.165) is 0 Å². The molecule has 0 heterocycles. The van der Waals surface area contributed by atoms with Gasteiger partial charge in [-0.1, -0.05) is 6.92 Å². The molecule has 0 fully saturated rings. The largest absolute Gasteiger partial charge is 0.460 e. The van der Waals surface area contributed by atoms with Gasteiger partial charge in [-0.15, -0.1) is 33.2 Å². The average Bonchev–Trinajstić information content (AvgIpc) is 2.68. The number of sulfonamides is 1. The summed E-state index contributed by atoms with van der Waals surface area (Å²) in [5.74, 6) is -51.8. The Hall–Kier alpha value is -0.193. The molecule has 0 aromatic rings. The molecule has 0 saturated carbocycles. The van der Waals surface area contributed by atoms with Crippen LogP contribution in [0.2, 0.25) is 6.04 Å². The van der Waals surface area contributed by atoms with Crippen molar-refractivity contribution in [2.75, 3.05) is 13.1 Å². The molecule has 38 heavy (non-hydrogen) atoms. The van der Waals surface area contributed by atoms with Gasteiger partial charge in [0.05, 0.1) is 0 Å². The summed E-state index contributed by atoms with van der Waals surface area (Å²) >= 11 is 16.1. The molecule has 0 aliphatic carbocycles. The molecule has 0 bridgehead atoms. The lowest BCUT2D eigenvalue weighted by Crippen LogP contribution is -2.75. The molecule has 0 rings (SSSR count). The van der Waals surface area contributed by atoms with Crippen LogP contribution in [0.5, 0.6) is 0 Å². The second-order valence-electron chi connectivity index (χ2n) is 7.18. The van der Waals surface area contributed by atoms with Crippen molar-refractivity contribution in [2.45, 2.75) is 66.4 Å². The van der Waals surface area contributed by atoms with Gasteiger partial charge in [0.2, 0.25) is 0 Å². The van der Waals surface area contributed by atoms with Crippen LogP contribution in [0.25, 0.3) is 0 Å². The van der Waals surface area contributed by atoms with E-state index in [2.05, 4.69) is 0 Å². The van der Waals surface area contributed by atoms with Gasteiger partial charge >= 0.3 is 53.0 Å². The van der Waals surface area contributed by atoms with E-state index < -0.39 is 92.9 Å². The summed E-state index contributed by atoms with van der Waals surface area (Å²) in [7, 11) is -7.34. The van der Waals surface area contributed by atoms with Crippen LogP contribution < -0.4 is 0 Å². The van der Waals surface area contributed by atoms with Crippen LogP contribution in [0.3, 0.4) is 0 Å². The molecule has 0 N–H and O–H groups in total. The zero-order valence-electron chi connectivity index (χ0n) is 17.6. The third-order valence-corrected chi connectivity index (χ3v) is 9.22. The van der Waals surface area contributed by atoms with Crippen molar-refractivity contribution in [2.24, 2.45) is 0 Å². The SMILES string of the molecule is CCN(CCC[Si](Cl)(Cl)Cl)S(=O)(=O)C(F)(F)C(F)(F)C(F)(F)C(F)(F)C(F)(F)C(F)(F)C(F)(F)C(F)(F)F. The first-order chi connectivity index (χ1) is 16.2. The van der Waals surface area contributed by atoms with Gasteiger partial charge in [0, 0.05) is 13.1 Å². The predicted molar refractivity (Wildman–Crippen MR) is 99.6 cm³/mol. The summed E-state index contributed by atoms with van der Waals surface area (Å²) in [5, 5.41) is -7.60. The molecule has 0 aliphatic rings. The Kier molecular flexibility index (Phi) is 10.5. The fourth-order valence-electron chi connectivity index (χ4n) is 2.38. The molecule has 0 amide bonds.